The molecule has 5 nitrogen and oxygen atoms in total. The smallest absolute Gasteiger partial charge is 0.157 e. The van der Waals surface area contributed by atoms with E-state index < -0.39 is 0 Å². The molecule has 4 rings (SSSR count). The summed E-state index contributed by atoms with van der Waals surface area (Å²) in [5, 5.41) is 1.05. The van der Waals surface area contributed by atoms with Crippen molar-refractivity contribution in [1.29, 1.82) is 0 Å². The van der Waals surface area contributed by atoms with Gasteiger partial charge in [0.25, 0.3) is 0 Å². The lowest BCUT2D eigenvalue weighted by molar-refractivity contribution is 0.413. The van der Waals surface area contributed by atoms with Crippen LogP contribution in [0.1, 0.15) is 11.5 Å². The number of nitrogens with one attached hydrogen (secondary N) is 1. The van der Waals surface area contributed by atoms with Crippen LogP contribution in [0, 0.1) is 0 Å². The van der Waals surface area contributed by atoms with Crippen LogP contribution in [0.4, 0.5) is 0 Å². The third-order valence-corrected chi connectivity index (χ3v) is 5.02. The van der Waals surface area contributed by atoms with Gasteiger partial charge in [-0.1, -0.05) is 29.3 Å². The Morgan fingerprint density at radius 1 is 0.963 bits per heavy atom. The molecule has 136 valence electrons. The maximum Gasteiger partial charge on any atom is 0.157 e. The van der Waals surface area contributed by atoms with Crippen molar-refractivity contribution in [2.45, 2.75) is 12.8 Å². The first-order chi connectivity index (χ1) is 13.1. The topological polar surface area (TPSA) is 63.7 Å². The number of fused-ring (bicyclic) bond motifs is 1. The number of hydrogen-bond donors (Lipinski definition) is 1. The Morgan fingerprint density at radius 3 is 2.67 bits per heavy atom. The Hall–Kier alpha value is -2.63. The fourth-order valence-electron chi connectivity index (χ4n) is 2.86. The zero-order valence-corrected chi connectivity index (χ0v) is 16.1. The van der Waals surface area contributed by atoms with E-state index in [1.807, 2.05) is 30.3 Å². The average Bonchev–Trinajstić information content (AvgIpc) is 3.11. The number of ether oxygens (including phenoxy) is 1. The number of imidazole rings is 1. The fraction of sp³-hybridized carbons (Fsp3) is 0.150. The molecule has 0 spiro atoms. The van der Waals surface area contributed by atoms with Crippen molar-refractivity contribution in [2.24, 2.45) is 0 Å². The van der Waals surface area contributed by atoms with Gasteiger partial charge >= 0.3 is 0 Å². The molecule has 3 aromatic heterocycles. The van der Waals surface area contributed by atoms with Gasteiger partial charge in [0.2, 0.25) is 0 Å². The van der Waals surface area contributed by atoms with E-state index in [1.165, 1.54) is 0 Å². The molecule has 0 aliphatic heterocycles. The number of pyridine rings is 2. The van der Waals surface area contributed by atoms with Crippen LogP contribution in [-0.4, -0.2) is 27.0 Å². The first-order valence-corrected chi connectivity index (χ1v) is 9.17. The fourth-order valence-corrected chi connectivity index (χ4v) is 3.16. The van der Waals surface area contributed by atoms with Gasteiger partial charge in [0.1, 0.15) is 17.1 Å². The molecule has 7 heteroatoms. The Balaban J connectivity index is 1.56. The highest BCUT2D eigenvalue weighted by atomic mass is 35.5. The lowest BCUT2D eigenvalue weighted by atomic mass is 10.1. The number of aromatic nitrogens is 4. The number of benzene rings is 1. The van der Waals surface area contributed by atoms with Crippen LogP contribution in [0.3, 0.4) is 0 Å². The second-order valence-electron chi connectivity index (χ2n) is 6.09. The van der Waals surface area contributed by atoms with Gasteiger partial charge in [0.05, 0.1) is 17.2 Å². The number of hydrogen-bond acceptors (Lipinski definition) is 4. The van der Waals surface area contributed by atoms with Crippen molar-refractivity contribution in [1.82, 2.24) is 19.9 Å². The molecule has 4 aromatic rings. The highest BCUT2D eigenvalue weighted by molar-refractivity contribution is 6.42. The maximum atomic E-state index is 6.12. The normalized spacial score (nSPS) is 11.1. The van der Waals surface area contributed by atoms with Gasteiger partial charge < -0.3 is 9.72 Å². The number of aryl methyl sites for hydroxylation is 2. The predicted octanol–water partition coefficient (Wildman–Crippen LogP) is 5.12. The minimum atomic E-state index is 0.516. The number of halogens is 2. The minimum Gasteiger partial charge on any atom is -0.497 e. The van der Waals surface area contributed by atoms with Crippen molar-refractivity contribution in [3.8, 4) is 16.9 Å². The molecule has 0 radical (unpaired) electrons. The van der Waals surface area contributed by atoms with Crippen LogP contribution in [0.2, 0.25) is 10.0 Å². The zero-order chi connectivity index (χ0) is 18.8. The first-order valence-electron chi connectivity index (χ1n) is 8.41. The number of nitrogens with zero attached hydrogens (tertiary/aromatic N) is 3. The second-order valence-corrected chi connectivity index (χ2v) is 6.91. The van der Waals surface area contributed by atoms with Crippen LogP contribution >= 0.6 is 23.2 Å². The predicted molar refractivity (Wildman–Crippen MR) is 108 cm³/mol. The average molecular weight is 399 g/mol. The largest absolute Gasteiger partial charge is 0.497 e. The van der Waals surface area contributed by atoms with Gasteiger partial charge in [-0.25, -0.2) is 9.97 Å². The van der Waals surface area contributed by atoms with E-state index in [1.54, 1.807) is 25.6 Å². The van der Waals surface area contributed by atoms with Crippen molar-refractivity contribution in [3.05, 3.63) is 70.4 Å². The Morgan fingerprint density at radius 2 is 1.85 bits per heavy atom. The molecule has 0 aliphatic carbocycles. The minimum absolute atomic E-state index is 0.516. The van der Waals surface area contributed by atoms with Crippen LogP contribution in [0.5, 0.6) is 5.75 Å². The number of rotatable bonds is 5. The van der Waals surface area contributed by atoms with E-state index in [0.29, 0.717) is 10.0 Å². The highest BCUT2D eigenvalue weighted by Crippen LogP contribution is 2.29. The molecular weight excluding hydrogens is 383 g/mol. The standard InChI is InChI=1S/C20H16Cl2N4O/c1-27-15-6-7-23-14(10-15)3-5-19-25-18-9-13(11-24-20(18)26-19)12-2-4-16(21)17(22)8-12/h2,4,6-11H,3,5H2,1H3,(H,24,25,26). The van der Waals surface area contributed by atoms with Crippen LogP contribution in [-0.2, 0) is 12.8 Å². The Labute approximate surface area is 166 Å². The monoisotopic (exact) mass is 398 g/mol. The van der Waals surface area contributed by atoms with Crippen LogP contribution in [0.15, 0.2) is 48.8 Å². The van der Waals surface area contributed by atoms with E-state index in [-0.39, 0.29) is 0 Å². The van der Waals surface area contributed by atoms with Gasteiger partial charge in [-0.2, -0.15) is 0 Å². The van der Waals surface area contributed by atoms with Gasteiger partial charge in [0, 0.05) is 36.1 Å². The van der Waals surface area contributed by atoms with Gasteiger partial charge in [-0.05, 0) is 36.2 Å². The molecule has 0 fully saturated rings. The molecule has 27 heavy (non-hydrogen) atoms. The quantitative estimate of drug-likeness (QED) is 0.506. The third-order valence-electron chi connectivity index (χ3n) is 4.28. The number of H-pyrrole nitrogens is 1. The van der Waals surface area contributed by atoms with Crippen molar-refractivity contribution >= 4 is 34.4 Å². The van der Waals surface area contributed by atoms with Gasteiger partial charge in [-0.3, -0.25) is 4.98 Å². The van der Waals surface area contributed by atoms with Crippen LogP contribution < -0.4 is 4.74 Å². The summed E-state index contributed by atoms with van der Waals surface area (Å²) in [7, 11) is 1.65. The molecule has 1 N–H and O–H groups in total. The summed E-state index contributed by atoms with van der Waals surface area (Å²) in [4.78, 5) is 16.8. The van der Waals surface area contributed by atoms with Crippen molar-refractivity contribution in [2.75, 3.05) is 7.11 Å². The number of methoxy groups -OCH3 is 1. The molecule has 0 amide bonds. The summed E-state index contributed by atoms with van der Waals surface area (Å²) in [5.74, 6) is 1.67. The SMILES string of the molecule is COc1ccnc(CCc2nc3cc(-c4ccc(Cl)c(Cl)c4)cnc3[nH]2)c1. The lowest BCUT2D eigenvalue weighted by Crippen LogP contribution is -1.96. The highest BCUT2D eigenvalue weighted by Gasteiger charge is 2.09. The molecule has 0 atom stereocenters. The van der Waals surface area contributed by atoms with E-state index in [2.05, 4.69) is 19.9 Å². The molecule has 3 heterocycles. The maximum absolute atomic E-state index is 6.12. The summed E-state index contributed by atoms with van der Waals surface area (Å²) >= 11 is 12.1. The lowest BCUT2D eigenvalue weighted by Gasteiger charge is -2.02. The summed E-state index contributed by atoms with van der Waals surface area (Å²) in [6.45, 7) is 0. The van der Waals surface area contributed by atoms with E-state index >= 15 is 0 Å². The van der Waals surface area contributed by atoms with Crippen LogP contribution in [0.25, 0.3) is 22.3 Å². The molecule has 1 aromatic carbocycles. The Kier molecular flexibility index (Phi) is 4.97. The molecule has 0 aliphatic rings. The Bertz CT molecular complexity index is 1110. The molecule has 0 unspecified atom stereocenters. The summed E-state index contributed by atoms with van der Waals surface area (Å²) in [6.07, 6.45) is 5.04. The summed E-state index contributed by atoms with van der Waals surface area (Å²) in [5.41, 5.74) is 4.41. The van der Waals surface area contributed by atoms with Gasteiger partial charge in [0.15, 0.2) is 5.65 Å². The van der Waals surface area contributed by atoms with Crippen molar-refractivity contribution in [3.63, 3.8) is 0 Å². The molecule has 0 saturated heterocycles. The van der Waals surface area contributed by atoms with Crippen molar-refractivity contribution < 1.29 is 4.74 Å². The van der Waals surface area contributed by atoms with E-state index in [9.17, 15) is 0 Å². The zero-order valence-electron chi connectivity index (χ0n) is 14.5. The number of aromatic amines is 1. The summed E-state index contributed by atoms with van der Waals surface area (Å²) in [6, 6.07) is 11.3. The molecule has 0 bridgehead atoms. The molecule has 0 saturated carbocycles. The second kappa shape index (κ2) is 7.55. The first kappa shape index (κ1) is 17.8. The summed E-state index contributed by atoms with van der Waals surface area (Å²) < 4.78 is 5.23. The molecular formula is C20H16Cl2N4O. The van der Waals surface area contributed by atoms with E-state index in [4.69, 9.17) is 27.9 Å². The third kappa shape index (κ3) is 3.89. The van der Waals surface area contributed by atoms with Gasteiger partial charge in [-0.15, -0.1) is 0 Å². The van der Waals surface area contributed by atoms with E-state index in [0.717, 1.165) is 52.4 Å².